The molecule has 3 aromatic rings. The number of fused-ring (bicyclic) bond motifs is 1. The fourth-order valence-corrected chi connectivity index (χ4v) is 4.26. The number of anilines is 1. The van der Waals surface area contributed by atoms with E-state index in [9.17, 15) is 36.3 Å². The number of aromatic nitrogens is 2. The van der Waals surface area contributed by atoms with E-state index in [4.69, 9.17) is 5.73 Å². The highest BCUT2D eigenvalue weighted by Crippen LogP contribution is 2.32. The number of para-hydroxylation sites is 1. The molecule has 1 aliphatic rings. The number of pyridine rings is 1. The number of ketones is 1. The van der Waals surface area contributed by atoms with Crippen LogP contribution in [-0.4, -0.2) is 51.1 Å². The summed E-state index contributed by atoms with van der Waals surface area (Å²) in [6, 6.07) is 4.81. The highest BCUT2D eigenvalue weighted by Gasteiger charge is 2.40. The summed E-state index contributed by atoms with van der Waals surface area (Å²) in [5, 5.41) is 3.04. The molecule has 0 unspecified atom stereocenters. The van der Waals surface area contributed by atoms with Crippen LogP contribution in [0.2, 0.25) is 0 Å². The van der Waals surface area contributed by atoms with Gasteiger partial charge in [0, 0.05) is 30.6 Å². The van der Waals surface area contributed by atoms with Gasteiger partial charge in [0.2, 0.25) is 0 Å². The number of hydrogen-bond donors (Lipinski definition) is 2. The number of carbonyl (C=O) groups excluding carboxylic acids is 3. The fraction of sp³-hybridized carbons (Fsp3) is 0.304. The number of rotatable bonds is 5. The van der Waals surface area contributed by atoms with Crippen molar-refractivity contribution in [1.82, 2.24) is 14.5 Å². The van der Waals surface area contributed by atoms with Crippen molar-refractivity contribution < 1.29 is 36.3 Å². The molecule has 3 heterocycles. The van der Waals surface area contributed by atoms with Gasteiger partial charge in [0.1, 0.15) is 6.17 Å². The molecular weight excluding hydrogens is 489 g/mol. The SMILES string of the molecule is NC(=O)n1cc(NC(=O)N2C[C@H](F)C[C@H]2C(=O)CCc2ccnc(C(F)(F)F)c2F)c2ccccc21. The molecule has 3 amide bonds. The van der Waals surface area contributed by atoms with Gasteiger partial charge in [0.15, 0.2) is 17.3 Å². The number of amides is 3. The number of hydrogen-bond acceptors (Lipinski definition) is 4. The Morgan fingerprint density at radius 3 is 2.58 bits per heavy atom. The average Bonchev–Trinajstić information content (AvgIpc) is 3.38. The molecular formula is C23H20F5N5O3. The van der Waals surface area contributed by atoms with Gasteiger partial charge in [-0.3, -0.25) is 9.36 Å². The summed E-state index contributed by atoms with van der Waals surface area (Å²) < 4.78 is 68.2. The van der Waals surface area contributed by atoms with Crippen molar-refractivity contribution in [1.29, 1.82) is 0 Å². The quantitative estimate of drug-likeness (QED) is 0.501. The van der Waals surface area contributed by atoms with Crippen LogP contribution in [0.25, 0.3) is 10.9 Å². The molecule has 1 aliphatic heterocycles. The Balaban J connectivity index is 1.49. The van der Waals surface area contributed by atoms with Crippen LogP contribution in [0.4, 0.5) is 37.2 Å². The van der Waals surface area contributed by atoms with Crippen molar-refractivity contribution in [2.24, 2.45) is 5.73 Å². The van der Waals surface area contributed by atoms with Gasteiger partial charge in [-0.25, -0.2) is 23.4 Å². The predicted octanol–water partition coefficient (Wildman–Crippen LogP) is 4.27. The molecule has 0 radical (unpaired) electrons. The number of nitrogens with zero attached hydrogens (tertiary/aromatic N) is 3. The first-order chi connectivity index (χ1) is 17.0. The first-order valence-electron chi connectivity index (χ1n) is 10.8. The third-order valence-electron chi connectivity index (χ3n) is 5.95. The van der Waals surface area contributed by atoms with E-state index in [2.05, 4.69) is 10.3 Å². The molecule has 0 aliphatic carbocycles. The summed E-state index contributed by atoms with van der Waals surface area (Å²) in [6.45, 7) is -0.390. The Hall–Kier alpha value is -4.03. The van der Waals surface area contributed by atoms with Crippen LogP contribution in [-0.2, 0) is 17.4 Å². The van der Waals surface area contributed by atoms with Crippen LogP contribution in [0.15, 0.2) is 42.7 Å². The van der Waals surface area contributed by atoms with Crippen LogP contribution in [0, 0.1) is 5.82 Å². The lowest BCUT2D eigenvalue weighted by Gasteiger charge is -2.23. The van der Waals surface area contributed by atoms with Gasteiger partial charge in [-0.2, -0.15) is 13.2 Å². The van der Waals surface area contributed by atoms with Crippen molar-refractivity contribution >= 4 is 34.4 Å². The van der Waals surface area contributed by atoms with E-state index in [-0.39, 0.29) is 24.1 Å². The number of nitrogens with two attached hydrogens (primary N) is 1. The number of carbonyl (C=O) groups is 3. The Kier molecular flexibility index (Phi) is 6.65. The molecule has 0 spiro atoms. The molecule has 13 heteroatoms. The van der Waals surface area contributed by atoms with Gasteiger partial charge in [-0.15, -0.1) is 0 Å². The summed E-state index contributed by atoms with van der Waals surface area (Å²) in [7, 11) is 0. The molecule has 8 nitrogen and oxygen atoms in total. The fourth-order valence-electron chi connectivity index (χ4n) is 4.26. The zero-order chi connectivity index (χ0) is 26.2. The van der Waals surface area contributed by atoms with Crippen molar-refractivity contribution in [3.8, 4) is 0 Å². The van der Waals surface area contributed by atoms with Crippen LogP contribution in [0.1, 0.15) is 24.1 Å². The minimum Gasteiger partial charge on any atom is -0.351 e. The van der Waals surface area contributed by atoms with Crippen molar-refractivity contribution in [3.05, 3.63) is 59.8 Å². The predicted molar refractivity (Wildman–Crippen MR) is 118 cm³/mol. The zero-order valence-electron chi connectivity index (χ0n) is 18.6. The first-order valence-corrected chi connectivity index (χ1v) is 10.8. The molecule has 1 saturated heterocycles. The second kappa shape index (κ2) is 9.55. The maximum atomic E-state index is 14.2. The van der Waals surface area contributed by atoms with Crippen LogP contribution in [0.3, 0.4) is 0 Å². The van der Waals surface area contributed by atoms with Crippen LogP contribution in [0.5, 0.6) is 0 Å². The monoisotopic (exact) mass is 509 g/mol. The maximum absolute atomic E-state index is 14.2. The van der Waals surface area contributed by atoms with E-state index >= 15 is 0 Å². The van der Waals surface area contributed by atoms with Gasteiger partial charge in [0.25, 0.3) is 0 Å². The normalized spacial score (nSPS) is 18.0. The number of alkyl halides is 4. The summed E-state index contributed by atoms with van der Waals surface area (Å²) >= 11 is 0. The topological polar surface area (TPSA) is 110 Å². The molecule has 1 fully saturated rings. The lowest BCUT2D eigenvalue weighted by atomic mass is 10.0. The third kappa shape index (κ3) is 4.86. The summed E-state index contributed by atoms with van der Waals surface area (Å²) in [6.07, 6.45) is -5.51. The van der Waals surface area contributed by atoms with E-state index in [0.29, 0.717) is 10.9 Å². The molecule has 3 N–H and O–H groups in total. The number of halogens is 5. The van der Waals surface area contributed by atoms with E-state index < -0.39 is 60.7 Å². The second-order valence-corrected chi connectivity index (χ2v) is 8.30. The molecule has 4 rings (SSSR count). The van der Waals surface area contributed by atoms with Gasteiger partial charge >= 0.3 is 18.2 Å². The maximum Gasteiger partial charge on any atom is 0.436 e. The molecule has 2 atom stereocenters. The average molecular weight is 509 g/mol. The Morgan fingerprint density at radius 2 is 1.89 bits per heavy atom. The number of likely N-dealkylation sites (tertiary alicyclic amines) is 1. The smallest absolute Gasteiger partial charge is 0.351 e. The molecule has 190 valence electrons. The number of aryl methyl sites for hydroxylation is 1. The number of nitrogens with one attached hydrogen (secondary N) is 1. The van der Waals surface area contributed by atoms with Crippen molar-refractivity contribution in [2.45, 2.75) is 37.7 Å². The van der Waals surface area contributed by atoms with Gasteiger partial charge in [-0.1, -0.05) is 18.2 Å². The van der Waals surface area contributed by atoms with Crippen LogP contribution >= 0.6 is 0 Å². The number of Topliss-reactive ketones (excluding diaryl/α,β-unsaturated/α-hetero) is 1. The minimum absolute atomic E-state index is 0.210. The van der Waals surface area contributed by atoms with E-state index in [0.717, 1.165) is 21.7 Å². The van der Waals surface area contributed by atoms with Crippen molar-refractivity contribution in [3.63, 3.8) is 0 Å². The van der Waals surface area contributed by atoms with Gasteiger partial charge < -0.3 is 16.0 Å². The summed E-state index contributed by atoms with van der Waals surface area (Å²) in [5.74, 6) is -2.21. The Morgan fingerprint density at radius 1 is 1.17 bits per heavy atom. The lowest BCUT2D eigenvalue weighted by Crippen LogP contribution is -2.43. The summed E-state index contributed by atoms with van der Waals surface area (Å²) in [4.78, 5) is 41.5. The highest BCUT2D eigenvalue weighted by atomic mass is 19.4. The summed E-state index contributed by atoms with van der Waals surface area (Å²) in [5.41, 5.74) is 3.95. The second-order valence-electron chi connectivity index (χ2n) is 8.30. The first kappa shape index (κ1) is 25.1. The molecule has 1 aromatic carbocycles. The van der Waals surface area contributed by atoms with Gasteiger partial charge in [-0.05, 0) is 24.1 Å². The van der Waals surface area contributed by atoms with Gasteiger partial charge in [0.05, 0.1) is 23.8 Å². The highest BCUT2D eigenvalue weighted by molar-refractivity contribution is 6.05. The molecule has 0 saturated carbocycles. The molecule has 0 bridgehead atoms. The zero-order valence-corrected chi connectivity index (χ0v) is 18.6. The Bertz CT molecular complexity index is 1340. The standard InChI is InChI=1S/C23H20F5N5O3/c24-13-9-17(18(34)6-5-12-7-8-30-20(19(12)25)23(26,27)28)33(10-13)22(36)31-15-11-32(21(29)35)16-4-2-1-3-14(15)16/h1-4,7-8,11,13,17H,5-6,9-10H2,(H2,29,35)(H,31,36)/t13-,17+/m1/s1. The lowest BCUT2D eigenvalue weighted by molar-refractivity contribution is -0.143. The molecule has 2 aromatic heterocycles. The molecule has 36 heavy (non-hydrogen) atoms. The minimum atomic E-state index is -5.00. The van der Waals surface area contributed by atoms with E-state index in [1.54, 1.807) is 24.3 Å². The number of urea groups is 1. The van der Waals surface area contributed by atoms with E-state index in [1.165, 1.54) is 6.20 Å². The Labute approximate surface area is 200 Å². The van der Waals surface area contributed by atoms with Crippen molar-refractivity contribution in [2.75, 3.05) is 11.9 Å². The largest absolute Gasteiger partial charge is 0.436 e. The number of benzene rings is 1. The third-order valence-corrected chi connectivity index (χ3v) is 5.95. The number of primary amides is 1. The van der Waals surface area contributed by atoms with Crippen LogP contribution < -0.4 is 11.1 Å². The van der Waals surface area contributed by atoms with E-state index in [1.807, 2.05) is 0 Å².